The average Bonchev–Trinajstić information content (AvgIpc) is 3.04. The maximum atomic E-state index is 12.1. The molecule has 4 nitrogen and oxygen atoms in total. The van der Waals surface area contributed by atoms with E-state index in [1.54, 1.807) is 12.3 Å². The summed E-state index contributed by atoms with van der Waals surface area (Å²) in [7, 11) is 0. The van der Waals surface area contributed by atoms with Crippen LogP contribution in [0.5, 0.6) is 0 Å². The molecule has 1 aliphatic carbocycles. The molecule has 1 aliphatic rings. The van der Waals surface area contributed by atoms with Crippen LogP contribution in [0.1, 0.15) is 16.8 Å². The van der Waals surface area contributed by atoms with E-state index in [0.29, 0.717) is 5.56 Å². The number of nitrogens with two attached hydrogens (primary N) is 1. The number of hydrogen-bond acceptors (Lipinski definition) is 3. The number of pyridine rings is 1. The van der Waals surface area contributed by atoms with Gasteiger partial charge in [0.05, 0.1) is 11.1 Å². The van der Waals surface area contributed by atoms with Crippen LogP contribution in [-0.4, -0.2) is 23.0 Å². The maximum absolute atomic E-state index is 12.1. The van der Waals surface area contributed by atoms with Gasteiger partial charge in [0, 0.05) is 23.7 Å². The zero-order chi connectivity index (χ0) is 11.8. The number of aromatic nitrogens is 1. The summed E-state index contributed by atoms with van der Waals surface area (Å²) in [5, 5.41) is 3.80. The molecular formula is C13H13N3O. The molecule has 0 spiro atoms. The monoisotopic (exact) mass is 227 g/mol. The largest absolute Gasteiger partial charge is 0.348 e. The second-order valence-electron chi connectivity index (χ2n) is 4.36. The van der Waals surface area contributed by atoms with Gasteiger partial charge in [0.2, 0.25) is 0 Å². The Morgan fingerprint density at radius 2 is 2.12 bits per heavy atom. The van der Waals surface area contributed by atoms with Crippen molar-refractivity contribution in [3.8, 4) is 0 Å². The first-order valence-electron chi connectivity index (χ1n) is 5.66. The second kappa shape index (κ2) is 3.82. The standard InChI is InChI=1S/C13H13N3O/c14-10-7-12(10)16-13(17)9-5-6-15-11-4-2-1-3-8(9)11/h1-6,10,12H,7,14H2,(H,16,17). The number of amides is 1. The maximum Gasteiger partial charge on any atom is 0.252 e. The van der Waals surface area contributed by atoms with Crippen LogP contribution in [0, 0.1) is 0 Å². The fourth-order valence-electron chi connectivity index (χ4n) is 1.92. The molecule has 1 amide bonds. The molecule has 0 radical (unpaired) electrons. The minimum absolute atomic E-state index is 0.0680. The SMILES string of the molecule is NC1CC1NC(=O)c1ccnc2ccccc12. The lowest BCUT2D eigenvalue weighted by Gasteiger charge is -2.06. The average molecular weight is 227 g/mol. The molecule has 1 saturated carbocycles. The molecule has 4 heteroatoms. The first-order valence-corrected chi connectivity index (χ1v) is 5.66. The van der Waals surface area contributed by atoms with E-state index in [0.717, 1.165) is 17.3 Å². The zero-order valence-corrected chi connectivity index (χ0v) is 9.26. The van der Waals surface area contributed by atoms with Crippen LogP contribution in [-0.2, 0) is 0 Å². The topological polar surface area (TPSA) is 68.0 Å². The van der Waals surface area contributed by atoms with Crippen molar-refractivity contribution in [2.45, 2.75) is 18.5 Å². The highest BCUT2D eigenvalue weighted by Crippen LogP contribution is 2.20. The summed E-state index contributed by atoms with van der Waals surface area (Å²) in [4.78, 5) is 16.3. The predicted octanol–water partition coefficient (Wildman–Crippen LogP) is 1.06. The number of rotatable bonds is 2. The van der Waals surface area contributed by atoms with Gasteiger partial charge in [-0.15, -0.1) is 0 Å². The molecule has 86 valence electrons. The number of fused-ring (bicyclic) bond motifs is 1. The van der Waals surface area contributed by atoms with Gasteiger partial charge in [-0.3, -0.25) is 9.78 Å². The number of carbonyl (C=O) groups excluding carboxylic acids is 1. The summed E-state index contributed by atoms with van der Waals surface area (Å²) >= 11 is 0. The summed E-state index contributed by atoms with van der Waals surface area (Å²) in [6, 6.07) is 9.61. The van der Waals surface area contributed by atoms with Gasteiger partial charge in [0.25, 0.3) is 5.91 Å². The minimum atomic E-state index is -0.0680. The molecule has 0 bridgehead atoms. The minimum Gasteiger partial charge on any atom is -0.348 e. The van der Waals surface area contributed by atoms with Crippen molar-refractivity contribution in [3.63, 3.8) is 0 Å². The van der Waals surface area contributed by atoms with Gasteiger partial charge < -0.3 is 11.1 Å². The van der Waals surface area contributed by atoms with Gasteiger partial charge in [-0.1, -0.05) is 18.2 Å². The van der Waals surface area contributed by atoms with Crippen molar-refractivity contribution in [2.24, 2.45) is 5.73 Å². The Morgan fingerprint density at radius 1 is 1.35 bits per heavy atom. The highest BCUT2D eigenvalue weighted by atomic mass is 16.1. The summed E-state index contributed by atoms with van der Waals surface area (Å²) in [5.41, 5.74) is 7.17. The molecule has 2 unspecified atom stereocenters. The lowest BCUT2D eigenvalue weighted by atomic mass is 10.1. The van der Waals surface area contributed by atoms with Crippen molar-refractivity contribution in [1.82, 2.24) is 10.3 Å². The number of carbonyl (C=O) groups is 1. The molecule has 2 aromatic rings. The third kappa shape index (κ3) is 1.87. The van der Waals surface area contributed by atoms with Crippen molar-refractivity contribution in [3.05, 3.63) is 42.1 Å². The summed E-state index contributed by atoms with van der Waals surface area (Å²) in [5.74, 6) is -0.0680. The summed E-state index contributed by atoms with van der Waals surface area (Å²) in [6.45, 7) is 0. The second-order valence-corrected chi connectivity index (χ2v) is 4.36. The highest BCUT2D eigenvalue weighted by molar-refractivity contribution is 6.06. The fraction of sp³-hybridized carbons (Fsp3) is 0.231. The summed E-state index contributed by atoms with van der Waals surface area (Å²) in [6.07, 6.45) is 2.53. The number of benzene rings is 1. The van der Waals surface area contributed by atoms with E-state index in [2.05, 4.69) is 10.3 Å². The van der Waals surface area contributed by atoms with Crippen LogP contribution in [0.2, 0.25) is 0 Å². The smallest absolute Gasteiger partial charge is 0.252 e. The van der Waals surface area contributed by atoms with Crippen molar-refractivity contribution >= 4 is 16.8 Å². The number of nitrogens with zero attached hydrogens (tertiary/aromatic N) is 1. The van der Waals surface area contributed by atoms with Gasteiger partial charge >= 0.3 is 0 Å². The molecule has 1 aromatic heterocycles. The number of nitrogens with one attached hydrogen (secondary N) is 1. The molecule has 1 heterocycles. The Labute approximate surface area is 98.8 Å². The van der Waals surface area contributed by atoms with Crippen LogP contribution in [0.15, 0.2) is 36.5 Å². The molecular weight excluding hydrogens is 214 g/mol. The van der Waals surface area contributed by atoms with E-state index in [-0.39, 0.29) is 18.0 Å². The normalized spacial score (nSPS) is 22.4. The Morgan fingerprint density at radius 3 is 2.88 bits per heavy atom. The molecule has 0 aliphatic heterocycles. The lowest BCUT2D eigenvalue weighted by molar-refractivity contribution is 0.0952. The van der Waals surface area contributed by atoms with Crippen LogP contribution >= 0.6 is 0 Å². The van der Waals surface area contributed by atoms with Crippen LogP contribution in [0.4, 0.5) is 0 Å². The third-order valence-electron chi connectivity index (χ3n) is 3.05. The Hall–Kier alpha value is -1.94. The zero-order valence-electron chi connectivity index (χ0n) is 9.26. The van der Waals surface area contributed by atoms with E-state index in [9.17, 15) is 4.79 Å². The Bertz CT molecular complexity index is 576. The Kier molecular flexibility index (Phi) is 2.30. The van der Waals surface area contributed by atoms with Gasteiger partial charge in [-0.25, -0.2) is 0 Å². The molecule has 2 atom stereocenters. The molecule has 1 aromatic carbocycles. The highest BCUT2D eigenvalue weighted by Gasteiger charge is 2.35. The first-order chi connectivity index (χ1) is 8.25. The van der Waals surface area contributed by atoms with E-state index in [1.165, 1.54) is 0 Å². The fourth-order valence-corrected chi connectivity index (χ4v) is 1.92. The van der Waals surface area contributed by atoms with Crippen LogP contribution in [0.3, 0.4) is 0 Å². The van der Waals surface area contributed by atoms with E-state index in [4.69, 9.17) is 5.73 Å². The number of para-hydroxylation sites is 1. The molecule has 17 heavy (non-hydrogen) atoms. The number of hydrogen-bond donors (Lipinski definition) is 2. The van der Waals surface area contributed by atoms with E-state index in [1.807, 2.05) is 24.3 Å². The van der Waals surface area contributed by atoms with Gasteiger partial charge in [0.1, 0.15) is 0 Å². The van der Waals surface area contributed by atoms with Crippen molar-refractivity contribution in [1.29, 1.82) is 0 Å². The first kappa shape index (κ1) is 10.2. The molecule has 1 fully saturated rings. The van der Waals surface area contributed by atoms with Crippen LogP contribution in [0.25, 0.3) is 10.9 Å². The van der Waals surface area contributed by atoms with Gasteiger partial charge in [-0.2, -0.15) is 0 Å². The predicted molar refractivity (Wildman–Crippen MR) is 65.6 cm³/mol. The molecule has 3 rings (SSSR count). The van der Waals surface area contributed by atoms with Gasteiger partial charge in [-0.05, 0) is 18.6 Å². The van der Waals surface area contributed by atoms with Crippen molar-refractivity contribution in [2.75, 3.05) is 0 Å². The quantitative estimate of drug-likeness (QED) is 0.806. The Balaban J connectivity index is 1.96. The van der Waals surface area contributed by atoms with Crippen LogP contribution < -0.4 is 11.1 Å². The van der Waals surface area contributed by atoms with Gasteiger partial charge in [0.15, 0.2) is 0 Å². The molecule has 3 N–H and O–H groups in total. The third-order valence-corrected chi connectivity index (χ3v) is 3.05. The van der Waals surface area contributed by atoms with E-state index >= 15 is 0 Å². The van der Waals surface area contributed by atoms with Crippen molar-refractivity contribution < 1.29 is 4.79 Å². The molecule has 0 saturated heterocycles. The van der Waals surface area contributed by atoms with E-state index < -0.39 is 0 Å². The summed E-state index contributed by atoms with van der Waals surface area (Å²) < 4.78 is 0. The lowest BCUT2D eigenvalue weighted by Crippen LogP contribution is -2.29.